The maximum absolute atomic E-state index is 11.6. The SMILES string of the molecule is C/C(=C\C(=O)O)C(=O)CCCNC(=O)CCCCC(S)CCS. The van der Waals surface area contributed by atoms with E-state index in [9.17, 15) is 14.4 Å². The van der Waals surface area contributed by atoms with Crippen LogP contribution in [0.25, 0.3) is 0 Å². The minimum atomic E-state index is -1.12. The minimum absolute atomic E-state index is 0.0137. The first-order valence-electron chi connectivity index (χ1n) is 7.86. The summed E-state index contributed by atoms with van der Waals surface area (Å²) >= 11 is 8.60. The number of carboxylic acids is 1. The lowest BCUT2D eigenvalue weighted by Crippen LogP contribution is -2.24. The number of carboxylic acid groups (broad SMARTS) is 1. The van der Waals surface area contributed by atoms with Crippen LogP contribution in [0.5, 0.6) is 0 Å². The zero-order valence-electron chi connectivity index (χ0n) is 13.6. The highest BCUT2D eigenvalue weighted by Crippen LogP contribution is 2.12. The van der Waals surface area contributed by atoms with E-state index in [1.54, 1.807) is 0 Å². The van der Waals surface area contributed by atoms with Crippen LogP contribution in [-0.4, -0.2) is 40.3 Å². The van der Waals surface area contributed by atoms with E-state index >= 15 is 0 Å². The fourth-order valence-corrected chi connectivity index (χ4v) is 2.81. The van der Waals surface area contributed by atoms with Crippen molar-refractivity contribution in [3.8, 4) is 0 Å². The highest BCUT2D eigenvalue weighted by molar-refractivity contribution is 7.81. The lowest BCUT2D eigenvalue weighted by atomic mass is 10.1. The molecule has 2 N–H and O–H groups in total. The zero-order valence-corrected chi connectivity index (χ0v) is 15.4. The fourth-order valence-electron chi connectivity index (χ4n) is 1.99. The third-order valence-corrected chi connectivity index (χ3v) is 4.11. The van der Waals surface area contributed by atoms with E-state index in [-0.39, 0.29) is 23.7 Å². The first-order chi connectivity index (χ1) is 10.9. The monoisotopic (exact) mass is 361 g/mol. The van der Waals surface area contributed by atoms with Gasteiger partial charge < -0.3 is 10.4 Å². The first-order valence-corrected chi connectivity index (χ1v) is 9.01. The number of allylic oxidation sites excluding steroid dienone is 1. The molecule has 0 fully saturated rings. The van der Waals surface area contributed by atoms with Gasteiger partial charge in [-0.2, -0.15) is 25.3 Å². The summed E-state index contributed by atoms with van der Waals surface area (Å²) in [5.74, 6) is -0.512. The van der Waals surface area contributed by atoms with Crippen molar-refractivity contribution in [3.63, 3.8) is 0 Å². The Balaban J connectivity index is 3.68. The molecule has 132 valence electrons. The topological polar surface area (TPSA) is 83.5 Å². The normalized spacial score (nSPS) is 12.7. The van der Waals surface area contributed by atoms with Gasteiger partial charge in [-0.3, -0.25) is 9.59 Å². The predicted octanol–water partition coefficient (Wildman–Crippen LogP) is 2.66. The summed E-state index contributed by atoms with van der Waals surface area (Å²) in [5, 5.41) is 11.7. The number of nitrogens with one attached hydrogen (secondary N) is 1. The van der Waals surface area contributed by atoms with Gasteiger partial charge in [-0.25, -0.2) is 4.79 Å². The van der Waals surface area contributed by atoms with Crippen molar-refractivity contribution in [2.45, 2.75) is 57.1 Å². The summed E-state index contributed by atoms with van der Waals surface area (Å²) in [5.41, 5.74) is 0.228. The van der Waals surface area contributed by atoms with Gasteiger partial charge >= 0.3 is 5.97 Å². The molecule has 0 rings (SSSR count). The molecule has 1 unspecified atom stereocenters. The molecule has 0 saturated carbocycles. The highest BCUT2D eigenvalue weighted by atomic mass is 32.1. The molecule has 1 atom stereocenters. The molecule has 0 radical (unpaired) electrons. The Kier molecular flexibility index (Phi) is 12.9. The van der Waals surface area contributed by atoms with E-state index < -0.39 is 5.97 Å². The molecular weight excluding hydrogens is 334 g/mol. The van der Waals surface area contributed by atoms with Crippen molar-refractivity contribution in [2.75, 3.05) is 12.3 Å². The van der Waals surface area contributed by atoms with Crippen molar-refractivity contribution in [1.29, 1.82) is 0 Å². The molecule has 0 aromatic heterocycles. The van der Waals surface area contributed by atoms with Gasteiger partial charge in [-0.05, 0) is 43.9 Å². The second-order valence-electron chi connectivity index (χ2n) is 5.45. The quantitative estimate of drug-likeness (QED) is 0.231. The average Bonchev–Trinajstić information content (AvgIpc) is 2.47. The number of unbranched alkanes of at least 4 members (excludes halogenated alkanes) is 1. The molecule has 0 saturated heterocycles. The van der Waals surface area contributed by atoms with Gasteiger partial charge in [0, 0.05) is 30.7 Å². The molecule has 0 aromatic carbocycles. The van der Waals surface area contributed by atoms with Crippen molar-refractivity contribution in [1.82, 2.24) is 5.32 Å². The summed E-state index contributed by atoms with van der Waals surface area (Å²) < 4.78 is 0. The van der Waals surface area contributed by atoms with Gasteiger partial charge in [-0.15, -0.1) is 0 Å². The van der Waals surface area contributed by atoms with Gasteiger partial charge in [0.25, 0.3) is 0 Å². The number of hydrogen-bond donors (Lipinski definition) is 4. The van der Waals surface area contributed by atoms with Crippen molar-refractivity contribution >= 4 is 42.9 Å². The average molecular weight is 362 g/mol. The Morgan fingerprint density at radius 1 is 1.13 bits per heavy atom. The maximum Gasteiger partial charge on any atom is 0.328 e. The number of carbonyl (C=O) groups excluding carboxylic acids is 2. The van der Waals surface area contributed by atoms with Gasteiger partial charge in [-0.1, -0.05) is 6.42 Å². The summed E-state index contributed by atoms with van der Waals surface area (Å²) in [6.45, 7) is 1.91. The number of aliphatic carboxylic acids is 1. The van der Waals surface area contributed by atoms with E-state index in [1.165, 1.54) is 6.92 Å². The second kappa shape index (κ2) is 13.5. The van der Waals surface area contributed by atoms with Crippen LogP contribution in [-0.2, 0) is 14.4 Å². The summed E-state index contributed by atoms with van der Waals surface area (Å²) in [6, 6.07) is 0. The number of thiol groups is 2. The van der Waals surface area contributed by atoms with E-state index in [0.717, 1.165) is 37.5 Å². The van der Waals surface area contributed by atoms with Crippen LogP contribution in [0.4, 0.5) is 0 Å². The molecule has 0 bridgehead atoms. The smallest absolute Gasteiger partial charge is 0.328 e. The summed E-state index contributed by atoms with van der Waals surface area (Å²) in [7, 11) is 0. The van der Waals surface area contributed by atoms with Crippen LogP contribution in [0.3, 0.4) is 0 Å². The number of ketones is 1. The molecule has 0 aliphatic heterocycles. The lowest BCUT2D eigenvalue weighted by Gasteiger charge is -2.08. The predicted molar refractivity (Wildman–Crippen MR) is 98.4 cm³/mol. The number of hydrogen-bond acceptors (Lipinski definition) is 5. The van der Waals surface area contributed by atoms with Crippen LogP contribution < -0.4 is 5.32 Å². The van der Waals surface area contributed by atoms with Gasteiger partial charge in [0.2, 0.25) is 5.91 Å². The molecule has 0 aromatic rings. The van der Waals surface area contributed by atoms with Crippen LogP contribution in [0.1, 0.15) is 51.9 Å². The van der Waals surface area contributed by atoms with E-state index in [0.29, 0.717) is 24.6 Å². The van der Waals surface area contributed by atoms with Crippen molar-refractivity contribution in [3.05, 3.63) is 11.6 Å². The molecule has 0 aliphatic carbocycles. The number of carbonyl (C=O) groups is 3. The highest BCUT2D eigenvalue weighted by Gasteiger charge is 2.07. The number of amides is 1. The first kappa shape index (κ1) is 22.1. The molecule has 0 aliphatic rings. The third kappa shape index (κ3) is 13.2. The zero-order chi connectivity index (χ0) is 17.7. The van der Waals surface area contributed by atoms with Gasteiger partial charge in [0.05, 0.1) is 0 Å². The van der Waals surface area contributed by atoms with Crippen LogP contribution in [0, 0.1) is 0 Å². The van der Waals surface area contributed by atoms with E-state index in [1.807, 2.05) is 0 Å². The Morgan fingerprint density at radius 3 is 2.43 bits per heavy atom. The van der Waals surface area contributed by atoms with Crippen molar-refractivity contribution < 1.29 is 19.5 Å². The second-order valence-corrected chi connectivity index (χ2v) is 6.63. The molecule has 1 amide bonds. The van der Waals surface area contributed by atoms with Crippen LogP contribution in [0.2, 0.25) is 0 Å². The maximum atomic E-state index is 11.6. The molecule has 5 nitrogen and oxygen atoms in total. The molecule has 0 spiro atoms. The molecule has 0 heterocycles. The largest absolute Gasteiger partial charge is 0.478 e. The molecule has 23 heavy (non-hydrogen) atoms. The Hall–Kier alpha value is -0.950. The fraction of sp³-hybridized carbons (Fsp3) is 0.688. The summed E-state index contributed by atoms with van der Waals surface area (Å²) in [6.07, 6.45) is 5.89. The van der Waals surface area contributed by atoms with Crippen LogP contribution >= 0.6 is 25.3 Å². The van der Waals surface area contributed by atoms with Crippen molar-refractivity contribution in [2.24, 2.45) is 0 Å². The Morgan fingerprint density at radius 2 is 1.83 bits per heavy atom. The third-order valence-electron chi connectivity index (χ3n) is 3.34. The minimum Gasteiger partial charge on any atom is -0.478 e. The number of Topliss-reactive ketones (excluding diaryl/α,β-unsaturated/α-hetero) is 1. The molecular formula is C16H27NO4S2. The van der Waals surface area contributed by atoms with Gasteiger partial charge in [0.1, 0.15) is 0 Å². The van der Waals surface area contributed by atoms with E-state index in [2.05, 4.69) is 30.6 Å². The summed E-state index contributed by atoms with van der Waals surface area (Å²) in [4.78, 5) is 33.7. The van der Waals surface area contributed by atoms with Crippen LogP contribution in [0.15, 0.2) is 11.6 Å². The Labute approximate surface area is 149 Å². The van der Waals surface area contributed by atoms with E-state index in [4.69, 9.17) is 5.11 Å². The standard InChI is InChI=1S/C16H27NO4S2/c1-12(11-16(20)21)14(18)6-4-9-17-15(19)7-3-2-5-13(23)8-10-22/h11,13,22-23H,2-10H2,1H3,(H,17,19)(H,20,21)/b12-11+. The Bertz CT molecular complexity index is 424. The van der Waals surface area contributed by atoms with Gasteiger partial charge in [0.15, 0.2) is 5.78 Å². The lowest BCUT2D eigenvalue weighted by molar-refractivity contribution is -0.131. The molecule has 7 heteroatoms. The number of rotatable bonds is 13.